The minimum atomic E-state index is -1.24. The van der Waals surface area contributed by atoms with E-state index < -0.39 is 23.8 Å². The summed E-state index contributed by atoms with van der Waals surface area (Å²) in [7, 11) is 0. The number of aromatic nitrogens is 1. The van der Waals surface area contributed by atoms with Crippen LogP contribution in [0.2, 0.25) is 0 Å². The summed E-state index contributed by atoms with van der Waals surface area (Å²) in [6.07, 6.45) is 7.39. The van der Waals surface area contributed by atoms with Gasteiger partial charge in [-0.05, 0) is 25.0 Å². The number of carboxylic acid groups (broad SMARTS) is 1. The van der Waals surface area contributed by atoms with Crippen LogP contribution in [0.4, 0.5) is 4.79 Å². The predicted molar refractivity (Wildman–Crippen MR) is 102 cm³/mol. The number of carbonyl (C=O) groups is 4. The standard InChI is InChI=1S/C21H21N3O5/c25-18(26)12-23-11-13(15-8-4-5-9-17(15)23)10-16-19(27)22-21(29)24(20(16)28)14-6-2-1-3-7-14/h4-5,8-11,14H,1-3,6-7,12H2,(H,25,26)(H,22,27,29)/p-1/b16-10+. The number of amides is 4. The van der Waals surface area contributed by atoms with Crippen LogP contribution in [0.15, 0.2) is 36.0 Å². The van der Waals surface area contributed by atoms with E-state index in [0.29, 0.717) is 16.5 Å². The molecule has 1 aromatic carbocycles. The fourth-order valence-corrected chi connectivity index (χ4v) is 4.16. The average Bonchev–Trinajstić information content (AvgIpc) is 3.03. The number of hydrogen-bond donors (Lipinski definition) is 1. The quantitative estimate of drug-likeness (QED) is 0.618. The molecule has 1 aliphatic carbocycles. The zero-order valence-corrected chi connectivity index (χ0v) is 15.7. The van der Waals surface area contributed by atoms with Crippen molar-refractivity contribution in [1.29, 1.82) is 0 Å². The maximum absolute atomic E-state index is 13.0. The van der Waals surface area contributed by atoms with Gasteiger partial charge >= 0.3 is 6.03 Å². The van der Waals surface area contributed by atoms with Gasteiger partial charge in [-0.15, -0.1) is 0 Å². The number of aliphatic carboxylic acids is 1. The number of nitrogens with zero attached hydrogens (tertiary/aromatic N) is 2. The Morgan fingerprint density at radius 2 is 1.86 bits per heavy atom. The largest absolute Gasteiger partial charge is 0.548 e. The highest BCUT2D eigenvalue weighted by molar-refractivity contribution is 6.31. The van der Waals surface area contributed by atoms with Crippen LogP contribution < -0.4 is 10.4 Å². The summed E-state index contributed by atoms with van der Waals surface area (Å²) in [5.74, 6) is -2.60. The van der Waals surface area contributed by atoms with E-state index in [1.165, 1.54) is 10.6 Å². The van der Waals surface area contributed by atoms with Crippen molar-refractivity contribution in [3.8, 4) is 0 Å². The average molecular weight is 394 g/mol. The first-order valence-corrected chi connectivity index (χ1v) is 9.64. The zero-order chi connectivity index (χ0) is 20.5. The van der Waals surface area contributed by atoms with E-state index >= 15 is 0 Å². The number of carboxylic acids is 1. The molecule has 8 heteroatoms. The summed E-state index contributed by atoms with van der Waals surface area (Å²) < 4.78 is 1.49. The lowest BCUT2D eigenvalue weighted by Crippen LogP contribution is -2.58. The second-order valence-electron chi connectivity index (χ2n) is 7.39. The third-order valence-corrected chi connectivity index (χ3v) is 5.49. The van der Waals surface area contributed by atoms with Gasteiger partial charge in [0, 0.05) is 28.7 Å². The van der Waals surface area contributed by atoms with Crippen LogP contribution in [0.1, 0.15) is 37.7 Å². The van der Waals surface area contributed by atoms with Gasteiger partial charge in [0.15, 0.2) is 0 Å². The number of benzene rings is 1. The summed E-state index contributed by atoms with van der Waals surface area (Å²) >= 11 is 0. The Labute approximate surface area is 166 Å². The minimum Gasteiger partial charge on any atom is -0.548 e. The van der Waals surface area contributed by atoms with Gasteiger partial charge in [0.05, 0.1) is 12.5 Å². The molecule has 0 unspecified atom stereocenters. The number of imide groups is 2. The van der Waals surface area contributed by atoms with Gasteiger partial charge in [0.2, 0.25) is 0 Å². The Morgan fingerprint density at radius 1 is 1.14 bits per heavy atom. The first kappa shape index (κ1) is 18.9. The lowest BCUT2D eigenvalue weighted by Gasteiger charge is -2.35. The van der Waals surface area contributed by atoms with Crippen LogP contribution in [0.5, 0.6) is 0 Å². The van der Waals surface area contributed by atoms with E-state index in [4.69, 9.17) is 0 Å². The molecule has 0 bridgehead atoms. The van der Waals surface area contributed by atoms with E-state index in [9.17, 15) is 24.3 Å². The lowest BCUT2D eigenvalue weighted by molar-refractivity contribution is -0.306. The minimum absolute atomic E-state index is 0.133. The van der Waals surface area contributed by atoms with Gasteiger partial charge in [-0.3, -0.25) is 19.8 Å². The molecule has 1 saturated carbocycles. The molecule has 2 fully saturated rings. The zero-order valence-electron chi connectivity index (χ0n) is 15.7. The third-order valence-electron chi connectivity index (χ3n) is 5.49. The SMILES string of the molecule is O=C([O-])Cn1cc(/C=C2\C(=O)NC(=O)N(C3CCCCC3)C2=O)c2ccccc21. The molecule has 1 saturated heterocycles. The molecule has 29 heavy (non-hydrogen) atoms. The summed E-state index contributed by atoms with van der Waals surface area (Å²) in [5, 5.41) is 14.0. The van der Waals surface area contributed by atoms with Crippen molar-refractivity contribution in [2.24, 2.45) is 0 Å². The lowest BCUT2D eigenvalue weighted by atomic mass is 9.93. The highest BCUT2D eigenvalue weighted by Crippen LogP contribution is 2.28. The highest BCUT2D eigenvalue weighted by Gasteiger charge is 2.40. The van der Waals surface area contributed by atoms with E-state index in [0.717, 1.165) is 37.0 Å². The molecule has 1 aromatic heterocycles. The molecule has 0 atom stereocenters. The van der Waals surface area contributed by atoms with E-state index in [2.05, 4.69) is 5.32 Å². The van der Waals surface area contributed by atoms with Crippen LogP contribution in [0.3, 0.4) is 0 Å². The molecular weight excluding hydrogens is 374 g/mol. The van der Waals surface area contributed by atoms with Crippen molar-refractivity contribution in [2.75, 3.05) is 0 Å². The normalized spacial score (nSPS) is 19.8. The summed E-state index contributed by atoms with van der Waals surface area (Å²) in [4.78, 5) is 50.0. The van der Waals surface area contributed by atoms with Crippen molar-refractivity contribution in [3.63, 3.8) is 0 Å². The van der Waals surface area contributed by atoms with Gasteiger partial charge < -0.3 is 14.5 Å². The maximum Gasteiger partial charge on any atom is 0.331 e. The molecule has 1 N–H and O–H groups in total. The number of fused-ring (bicyclic) bond motifs is 1. The fraction of sp³-hybridized carbons (Fsp3) is 0.333. The second-order valence-corrected chi connectivity index (χ2v) is 7.39. The van der Waals surface area contributed by atoms with Crippen LogP contribution in [-0.2, 0) is 20.9 Å². The monoisotopic (exact) mass is 394 g/mol. The molecule has 2 aliphatic rings. The maximum atomic E-state index is 13.0. The van der Waals surface area contributed by atoms with E-state index in [1.54, 1.807) is 30.5 Å². The van der Waals surface area contributed by atoms with Gasteiger partial charge in [-0.2, -0.15) is 0 Å². The van der Waals surface area contributed by atoms with Gasteiger partial charge in [-0.25, -0.2) is 4.79 Å². The summed E-state index contributed by atoms with van der Waals surface area (Å²) in [6.45, 7) is -0.351. The fourth-order valence-electron chi connectivity index (χ4n) is 4.16. The Hall–Kier alpha value is -3.42. The predicted octanol–water partition coefficient (Wildman–Crippen LogP) is 1.19. The van der Waals surface area contributed by atoms with Crippen molar-refractivity contribution in [1.82, 2.24) is 14.8 Å². The second kappa shape index (κ2) is 7.54. The molecule has 0 radical (unpaired) electrons. The number of hydrogen-bond acceptors (Lipinski definition) is 5. The topological polar surface area (TPSA) is 112 Å². The number of para-hydroxylation sites is 1. The Kier molecular flexibility index (Phi) is 4.92. The Bertz CT molecular complexity index is 1050. The molecular formula is C21H20N3O5-. The summed E-state index contributed by atoms with van der Waals surface area (Å²) in [5.41, 5.74) is 1.04. The molecule has 1 aliphatic heterocycles. The Morgan fingerprint density at radius 3 is 2.59 bits per heavy atom. The summed E-state index contributed by atoms with van der Waals surface area (Å²) in [6, 6.07) is 6.20. The molecule has 4 amide bonds. The number of barbiturate groups is 1. The third kappa shape index (κ3) is 3.53. The first-order chi connectivity index (χ1) is 14.0. The van der Waals surface area contributed by atoms with Gasteiger partial charge in [0.25, 0.3) is 11.8 Å². The van der Waals surface area contributed by atoms with Crippen molar-refractivity contribution in [3.05, 3.63) is 41.6 Å². The van der Waals surface area contributed by atoms with E-state index in [-0.39, 0.29) is 18.2 Å². The molecule has 2 aromatic rings. The number of rotatable bonds is 4. The van der Waals surface area contributed by atoms with Crippen LogP contribution in [0.25, 0.3) is 17.0 Å². The number of nitrogens with one attached hydrogen (secondary N) is 1. The van der Waals surface area contributed by atoms with Gasteiger partial charge in [0.1, 0.15) is 5.57 Å². The molecule has 8 nitrogen and oxygen atoms in total. The molecule has 4 rings (SSSR count). The van der Waals surface area contributed by atoms with Crippen LogP contribution >= 0.6 is 0 Å². The van der Waals surface area contributed by atoms with Crippen molar-refractivity contribution >= 4 is 40.8 Å². The molecule has 0 spiro atoms. The van der Waals surface area contributed by atoms with Crippen molar-refractivity contribution in [2.45, 2.75) is 44.7 Å². The smallest absolute Gasteiger partial charge is 0.331 e. The van der Waals surface area contributed by atoms with Gasteiger partial charge in [-0.1, -0.05) is 37.5 Å². The first-order valence-electron chi connectivity index (χ1n) is 9.64. The number of carbonyl (C=O) groups excluding carboxylic acids is 4. The molecule has 2 heterocycles. The van der Waals surface area contributed by atoms with Crippen LogP contribution in [-0.4, -0.2) is 39.3 Å². The van der Waals surface area contributed by atoms with Crippen LogP contribution in [0, 0.1) is 0 Å². The number of urea groups is 1. The molecule has 150 valence electrons. The van der Waals surface area contributed by atoms with E-state index in [1.807, 2.05) is 0 Å². The Balaban J connectivity index is 1.74. The van der Waals surface area contributed by atoms with Crippen molar-refractivity contribution < 1.29 is 24.3 Å². The highest BCUT2D eigenvalue weighted by atomic mass is 16.4.